The van der Waals surface area contributed by atoms with Gasteiger partial charge in [0.05, 0.1) is 18.6 Å². The van der Waals surface area contributed by atoms with Gasteiger partial charge in [0.2, 0.25) is 17.7 Å². The van der Waals surface area contributed by atoms with E-state index in [2.05, 4.69) is 28.2 Å². The molecular formula is C37H50BrN3O8. The van der Waals surface area contributed by atoms with Crippen molar-refractivity contribution in [2.75, 3.05) is 40.0 Å². The number of hydrogen-bond donors (Lipinski definition) is 2. The summed E-state index contributed by atoms with van der Waals surface area (Å²) in [5.41, 5.74) is -0.683. The molecule has 0 aliphatic carbocycles. The largest absolute Gasteiger partial charge is 0.455 e. The first-order valence-corrected chi connectivity index (χ1v) is 18.5. The number of nitrogens with zero attached hydrogens (tertiary/aromatic N) is 2. The fourth-order valence-electron chi connectivity index (χ4n) is 7.70. The van der Waals surface area contributed by atoms with Crippen molar-refractivity contribution in [1.29, 1.82) is 0 Å². The number of carbonyl (C=O) groups is 4. The van der Waals surface area contributed by atoms with E-state index < -0.39 is 47.7 Å². The minimum absolute atomic E-state index is 0.0856. The molecule has 0 radical (unpaired) electrons. The third-order valence-corrected chi connectivity index (χ3v) is 10.7. The lowest BCUT2D eigenvalue weighted by Gasteiger charge is -2.36. The minimum Gasteiger partial charge on any atom is -0.455 e. The van der Waals surface area contributed by atoms with Crippen LogP contribution in [-0.4, -0.2) is 102 Å². The Morgan fingerprint density at radius 3 is 2.47 bits per heavy atom. The van der Waals surface area contributed by atoms with Crippen molar-refractivity contribution >= 4 is 39.6 Å². The Bertz CT molecular complexity index is 1390. The second-order valence-corrected chi connectivity index (χ2v) is 14.3. The summed E-state index contributed by atoms with van der Waals surface area (Å²) in [5, 5.41) is 12.3. The zero-order valence-corrected chi connectivity index (χ0v) is 30.1. The smallest absolute Gasteiger partial charge is 0.313 e. The third-order valence-electron chi connectivity index (χ3n) is 10.0. The van der Waals surface area contributed by atoms with Gasteiger partial charge in [0, 0.05) is 44.3 Å². The molecule has 11 nitrogen and oxygen atoms in total. The van der Waals surface area contributed by atoms with Crippen LogP contribution in [0.5, 0.6) is 0 Å². The van der Waals surface area contributed by atoms with Gasteiger partial charge in [-0.15, -0.1) is 0 Å². The number of carbonyl (C=O) groups excluding carboxylic acids is 4. The molecule has 49 heavy (non-hydrogen) atoms. The summed E-state index contributed by atoms with van der Waals surface area (Å²) in [6.07, 6.45) is 10.2. The molecule has 268 valence electrons. The Morgan fingerprint density at radius 2 is 1.73 bits per heavy atom. The second kappa shape index (κ2) is 17.2. The Hall–Kier alpha value is -3.06. The molecule has 0 unspecified atom stereocenters. The van der Waals surface area contributed by atoms with E-state index in [9.17, 15) is 24.3 Å². The zero-order valence-electron chi connectivity index (χ0n) is 28.6. The molecule has 1 aromatic rings. The van der Waals surface area contributed by atoms with Gasteiger partial charge in [-0.3, -0.25) is 19.2 Å². The van der Waals surface area contributed by atoms with Crippen LogP contribution >= 0.6 is 15.9 Å². The molecule has 4 aliphatic rings. The second-order valence-electron chi connectivity index (χ2n) is 13.4. The lowest BCUT2D eigenvalue weighted by Crippen LogP contribution is -2.56. The topological polar surface area (TPSA) is 135 Å². The summed E-state index contributed by atoms with van der Waals surface area (Å²) < 4.78 is 19.1. The van der Waals surface area contributed by atoms with Crippen LogP contribution in [0.3, 0.4) is 0 Å². The highest BCUT2D eigenvalue weighted by Gasteiger charge is 2.74. The van der Waals surface area contributed by atoms with E-state index in [0.717, 1.165) is 32.1 Å². The average Bonchev–Trinajstić information content (AvgIpc) is 3.68. The molecule has 2 fully saturated rings. The maximum absolute atomic E-state index is 14.7. The predicted octanol–water partition coefficient (Wildman–Crippen LogP) is 4.20. The number of hydrogen-bond acceptors (Lipinski definition) is 8. The monoisotopic (exact) mass is 743 g/mol. The number of fused-ring (bicyclic) bond motifs is 2. The predicted molar refractivity (Wildman–Crippen MR) is 186 cm³/mol. The fraction of sp³-hybridized carbons (Fsp3) is 0.622. The first-order valence-electron chi connectivity index (χ1n) is 17.7. The number of esters is 1. The molecule has 4 aliphatic heterocycles. The number of methoxy groups -OCH3 is 1. The lowest BCUT2D eigenvalue weighted by molar-refractivity contribution is -0.162. The van der Waals surface area contributed by atoms with Crippen LogP contribution in [0.25, 0.3) is 0 Å². The summed E-state index contributed by atoms with van der Waals surface area (Å²) in [4.78, 5) is 60.3. The quantitative estimate of drug-likeness (QED) is 0.175. The van der Waals surface area contributed by atoms with E-state index in [-0.39, 0.29) is 37.4 Å². The number of aliphatic hydroxyl groups is 1. The fourth-order valence-corrected chi connectivity index (χ4v) is 8.43. The number of cyclic esters (lactones) is 1. The first kappa shape index (κ1) is 37.2. The number of ether oxygens (including phenoxy) is 3. The van der Waals surface area contributed by atoms with E-state index in [1.165, 1.54) is 7.11 Å². The number of unbranched alkanes of at least 4 members (excludes halogenated alkanes) is 5. The standard InChI is InChI=1S/C37H50BrN3O8/c1-3-4-12-19-40-20-13-8-11-18-28(43)39-27(24-47-2)31(25-16-9-7-10-17-25)48-36(46)29-30-34(44)41(21-14-5-6-15-22-42)33(35(40)45)37(30)23-26(38)32(29)49-37/h7-10,13,16-17,23,27,29-33,42H,3-6,11-12,14-15,18-22,24H2,1-2H3,(H,39,43)/b13-8-/t27-,29+,30-,31-,32+,33+,37-/m0/s1. The highest BCUT2D eigenvalue weighted by atomic mass is 79.9. The van der Waals surface area contributed by atoms with Crippen LogP contribution in [0.4, 0.5) is 0 Å². The number of aliphatic hydroxyl groups excluding tert-OH is 1. The molecule has 5 bridgehead atoms. The van der Waals surface area contributed by atoms with Crippen molar-refractivity contribution < 1.29 is 38.5 Å². The maximum Gasteiger partial charge on any atom is 0.313 e. The third kappa shape index (κ3) is 7.97. The number of amides is 3. The van der Waals surface area contributed by atoms with Crippen molar-refractivity contribution in [3.63, 3.8) is 0 Å². The molecule has 3 amide bonds. The van der Waals surface area contributed by atoms with Gasteiger partial charge in [0.25, 0.3) is 0 Å². The maximum atomic E-state index is 14.7. The van der Waals surface area contributed by atoms with Gasteiger partial charge in [0.15, 0.2) is 0 Å². The Balaban J connectivity index is 1.57. The van der Waals surface area contributed by atoms with Crippen molar-refractivity contribution in [2.24, 2.45) is 11.8 Å². The van der Waals surface area contributed by atoms with Gasteiger partial charge in [-0.1, -0.05) is 91.0 Å². The number of likely N-dealkylation sites (tertiary alicyclic amines) is 1. The summed E-state index contributed by atoms with van der Waals surface area (Å²) in [6, 6.07) is 7.51. The molecule has 4 heterocycles. The van der Waals surface area contributed by atoms with Crippen LogP contribution < -0.4 is 5.32 Å². The van der Waals surface area contributed by atoms with E-state index in [0.29, 0.717) is 48.9 Å². The van der Waals surface area contributed by atoms with E-state index in [4.69, 9.17) is 14.2 Å². The first-order chi connectivity index (χ1) is 23.8. The molecule has 7 atom stereocenters. The highest BCUT2D eigenvalue weighted by Crippen LogP contribution is 2.59. The summed E-state index contributed by atoms with van der Waals surface area (Å²) in [7, 11) is 1.52. The summed E-state index contributed by atoms with van der Waals surface area (Å²) in [6.45, 7) is 3.45. The van der Waals surface area contributed by atoms with Crippen molar-refractivity contribution in [3.05, 3.63) is 58.6 Å². The molecular weight excluding hydrogens is 694 g/mol. The zero-order chi connectivity index (χ0) is 35.0. The lowest BCUT2D eigenvalue weighted by atomic mass is 9.74. The van der Waals surface area contributed by atoms with E-state index >= 15 is 0 Å². The molecule has 2 N–H and O–H groups in total. The molecule has 0 aromatic heterocycles. The normalized spacial score (nSPS) is 31.1. The van der Waals surface area contributed by atoms with Gasteiger partial charge in [-0.05, 0) is 37.3 Å². The molecule has 2 saturated heterocycles. The Labute approximate surface area is 297 Å². The van der Waals surface area contributed by atoms with E-state index in [1.807, 2.05) is 48.6 Å². The van der Waals surface area contributed by atoms with Crippen molar-refractivity contribution in [1.82, 2.24) is 15.1 Å². The SMILES string of the molecule is CCCCCN1C/C=C\CCC(=O)N[C@@H](COC)[C@H](c2ccccc2)OC(=O)[C@H]2[C@@H]3O[C@@]4(C=C3Br)[C@@H]2C(=O)N(CCCCCCO)[C@@H]4C1=O. The number of halogens is 1. The molecule has 1 spiro atoms. The van der Waals surface area contributed by atoms with Gasteiger partial charge in [-0.2, -0.15) is 0 Å². The van der Waals surface area contributed by atoms with Crippen LogP contribution in [0.15, 0.2) is 53.0 Å². The minimum atomic E-state index is -1.35. The molecule has 0 saturated carbocycles. The average molecular weight is 745 g/mol. The molecule has 12 heteroatoms. The molecule has 5 rings (SSSR count). The van der Waals surface area contributed by atoms with Gasteiger partial charge >= 0.3 is 5.97 Å². The van der Waals surface area contributed by atoms with Gasteiger partial charge < -0.3 is 34.4 Å². The van der Waals surface area contributed by atoms with Crippen LogP contribution in [0, 0.1) is 11.8 Å². The highest BCUT2D eigenvalue weighted by molar-refractivity contribution is 9.11. The van der Waals surface area contributed by atoms with Gasteiger partial charge in [0.1, 0.15) is 29.8 Å². The number of rotatable bonds is 13. The van der Waals surface area contributed by atoms with Crippen LogP contribution in [0.1, 0.15) is 76.4 Å². The van der Waals surface area contributed by atoms with Crippen LogP contribution in [-0.2, 0) is 33.4 Å². The number of allylic oxidation sites excluding steroid dienone is 1. The van der Waals surface area contributed by atoms with Gasteiger partial charge in [-0.25, -0.2) is 0 Å². The molecule has 1 aromatic carbocycles. The number of benzene rings is 1. The number of nitrogens with one attached hydrogen (secondary N) is 1. The van der Waals surface area contributed by atoms with Crippen molar-refractivity contribution in [3.8, 4) is 0 Å². The van der Waals surface area contributed by atoms with E-state index in [1.54, 1.807) is 9.80 Å². The Kier molecular flexibility index (Phi) is 13.1. The Morgan fingerprint density at radius 1 is 0.980 bits per heavy atom. The summed E-state index contributed by atoms with van der Waals surface area (Å²) >= 11 is 3.63. The van der Waals surface area contributed by atoms with Crippen molar-refractivity contribution in [2.45, 2.75) is 94.6 Å². The summed E-state index contributed by atoms with van der Waals surface area (Å²) in [5.74, 6) is -3.36. The van der Waals surface area contributed by atoms with Crippen LogP contribution in [0.2, 0.25) is 0 Å².